The van der Waals surface area contributed by atoms with Crippen molar-refractivity contribution in [3.63, 3.8) is 0 Å². The van der Waals surface area contributed by atoms with E-state index in [2.05, 4.69) is 26.5 Å². The Morgan fingerprint density at radius 3 is 2.87 bits per heavy atom. The van der Waals surface area contributed by atoms with Crippen molar-refractivity contribution in [2.75, 3.05) is 16.8 Å². The maximum Gasteiger partial charge on any atom is 0.246 e. The van der Waals surface area contributed by atoms with Crippen molar-refractivity contribution in [1.82, 2.24) is 24.8 Å². The van der Waals surface area contributed by atoms with Gasteiger partial charge in [0.2, 0.25) is 5.95 Å². The smallest absolute Gasteiger partial charge is 0.246 e. The number of aromatic amines is 1. The van der Waals surface area contributed by atoms with Crippen LogP contribution in [-0.2, 0) is 4.79 Å². The van der Waals surface area contributed by atoms with Gasteiger partial charge in [0.1, 0.15) is 5.52 Å². The summed E-state index contributed by atoms with van der Waals surface area (Å²) in [6.45, 7) is 0.821. The molecule has 2 N–H and O–H groups in total. The van der Waals surface area contributed by atoms with Gasteiger partial charge in [-0.2, -0.15) is 10.1 Å². The topological polar surface area (TPSA) is 91.2 Å². The third kappa shape index (κ3) is 3.68. The van der Waals surface area contributed by atoms with E-state index < -0.39 is 0 Å². The van der Waals surface area contributed by atoms with Crippen molar-refractivity contribution in [2.45, 2.75) is 69.7 Å². The van der Waals surface area contributed by atoms with Gasteiger partial charge < -0.3 is 10.2 Å². The molecule has 3 fully saturated rings. The van der Waals surface area contributed by atoms with Gasteiger partial charge in [0, 0.05) is 36.8 Å². The minimum Gasteiger partial charge on any atom is -0.329 e. The Morgan fingerprint density at radius 2 is 2.03 bits per heavy atom. The molecule has 0 amide bonds. The van der Waals surface area contributed by atoms with E-state index in [1.807, 2.05) is 22.8 Å². The number of hydrogen-bond donors (Lipinski definition) is 2. The van der Waals surface area contributed by atoms with Crippen molar-refractivity contribution >= 4 is 28.9 Å². The molecule has 4 heterocycles. The van der Waals surface area contributed by atoms with Crippen LogP contribution in [0, 0.1) is 5.92 Å². The van der Waals surface area contributed by atoms with Crippen molar-refractivity contribution in [3.8, 4) is 0 Å². The van der Waals surface area contributed by atoms with Gasteiger partial charge in [-0.15, -0.1) is 5.10 Å². The lowest BCUT2D eigenvalue weighted by Crippen LogP contribution is -2.38. The molecule has 162 valence electrons. The fourth-order valence-corrected chi connectivity index (χ4v) is 5.24. The molecule has 3 aromatic heterocycles. The summed E-state index contributed by atoms with van der Waals surface area (Å²) < 4.78 is 1.84. The highest BCUT2D eigenvalue weighted by atomic mass is 16.1. The first kappa shape index (κ1) is 18.8. The van der Waals surface area contributed by atoms with Gasteiger partial charge >= 0.3 is 0 Å². The SMILES string of the molecule is O=C(CC1CCCC1)[C@@H]1CCCN1c1nc(Nc2cc(C3CC3)[nH]n2)c2cccn2n1. The van der Waals surface area contributed by atoms with Gasteiger partial charge in [-0.05, 0) is 43.7 Å². The monoisotopic (exact) mass is 419 g/mol. The zero-order chi connectivity index (χ0) is 20.8. The Hall–Kier alpha value is -2.90. The molecule has 3 aromatic rings. The number of ketones is 1. The minimum atomic E-state index is -0.103. The second kappa shape index (κ2) is 7.66. The van der Waals surface area contributed by atoms with E-state index in [1.165, 1.54) is 44.2 Å². The van der Waals surface area contributed by atoms with Crippen molar-refractivity contribution in [2.24, 2.45) is 5.92 Å². The molecule has 1 aliphatic heterocycles. The minimum absolute atomic E-state index is 0.103. The first-order chi connectivity index (χ1) is 15.2. The van der Waals surface area contributed by atoms with E-state index in [-0.39, 0.29) is 6.04 Å². The summed E-state index contributed by atoms with van der Waals surface area (Å²) in [6, 6.07) is 5.93. The van der Waals surface area contributed by atoms with Crippen LogP contribution in [0.3, 0.4) is 0 Å². The molecule has 0 aromatic carbocycles. The van der Waals surface area contributed by atoms with Crippen molar-refractivity contribution in [1.29, 1.82) is 0 Å². The van der Waals surface area contributed by atoms with E-state index >= 15 is 0 Å². The zero-order valence-electron chi connectivity index (χ0n) is 17.8. The van der Waals surface area contributed by atoms with Crippen LogP contribution < -0.4 is 10.2 Å². The Morgan fingerprint density at radius 1 is 1.16 bits per heavy atom. The summed E-state index contributed by atoms with van der Waals surface area (Å²) in [5, 5.41) is 15.7. The lowest BCUT2D eigenvalue weighted by molar-refractivity contribution is -0.121. The lowest BCUT2D eigenvalue weighted by atomic mass is 9.96. The van der Waals surface area contributed by atoms with Gasteiger partial charge in [-0.1, -0.05) is 25.7 Å². The van der Waals surface area contributed by atoms with Gasteiger partial charge in [-0.25, -0.2) is 4.52 Å². The van der Waals surface area contributed by atoms with Crippen LogP contribution in [0.1, 0.15) is 69.4 Å². The summed E-state index contributed by atoms with van der Waals surface area (Å²) in [5.41, 5.74) is 2.08. The lowest BCUT2D eigenvalue weighted by Gasteiger charge is -2.25. The zero-order valence-corrected chi connectivity index (χ0v) is 17.8. The number of anilines is 3. The second-order valence-corrected chi connectivity index (χ2v) is 9.38. The number of carbonyl (C=O) groups excluding carboxylic acids is 1. The predicted molar refractivity (Wildman–Crippen MR) is 119 cm³/mol. The summed E-state index contributed by atoms with van der Waals surface area (Å²) in [4.78, 5) is 20.1. The van der Waals surface area contributed by atoms with E-state index in [4.69, 9.17) is 10.1 Å². The number of H-pyrrole nitrogens is 1. The molecule has 3 aliphatic rings. The molecule has 31 heavy (non-hydrogen) atoms. The van der Waals surface area contributed by atoms with Crippen LogP contribution in [0.2, 0.25) is 0 Å². The number of nitrogens with one attached hydrogen (secondary N) is 2. The third-order valence-corrected chi connectivity index (χ3v) is 7.09. The normalized spacial score (nSPS) is 21.9. The van der Waals surface area contributed by atoms with Crippen molar-refractivity contribution < 1.29 is 4.79 Å². The van der Waals surface area contributed by atoms with Gasteiger partial charge in [0.15, 0.2) is 17.4 Å². The largest absolute Gasteiger partial charge is 0.329 e. The molecule has 2 aliphatic carbocycles. The first-order valence-electron chi connectivity index (χ1n) is 11.7. The molecule has 6 rings (SSSR count). The average Bonchev–Trinajstić information content (AvgIpc) is 3.27. The highest BCUT2D eigenvalue weighted by Crippen LogP contribution is 2.40. The molecule has 0 unspecified atom stereocenters. The average molecular weight is 420 g/mol. The maximum atomic E-state index is 13.1. The predicted octanol–water partition coefficient (Wildman–Crippen LogP) is 4.19. The van der Waals surface area contributed by atoms with Gasteiger partial charge in [0.25, 0.3) is 0 Å². The summed E-state index contributed by atoms with van der Waals surface area (Å²) in [6.07, 6.45) is 11.9. The summed E-state index contributed by atoms with van der Waals surface area (Å²) >= 11 is 0. The molecule has 2 saturated carbocycles. The van der Waals surface area contributed by atoms with Crippen LogP contribution in [0.25, 0.3) is 5.52 Å². The maximum absolute atomic E-state index is 13.1. The standard InChI is InChI=1S/C23H29N7O/c31-20(13-15-5-1-2-6-15)18-7-3-11-29(18)23-25-22(19-8-4-12-30(19)28-23)24-21-14-17(26-27-21)16-9-10-16/h4,8,12,14-16,18H,1-3,5-7,9-11,13H2,(H2,24,25,26,27,28)/t18-/m0/s1. The Labute approximate surface area is 181 Å². The summed E-state index contributed by atoms with van der Waals surface area (Å²) in [7, 11) is 0. The molecular weight excluding hydrogens is 390 g/mol. The number of aromatic nitrogens is 5. The van der Waals surface area contributed by atoms with Crippen molar-refractivity contribution in [3.05, 3.63) is 30.1 Å². The highest BCUT2D eigenvalue weighted by molar-refractivity contribution is 5.87. The molecule has 1 saturated heterocycles. The molecular formula is C23H29N7O. The molecule has 0 spiro atoms. The number of fused-ring (bicyclic) bond motifs is 1. The molecule has 0 bridgehead atoms. The van der Waals surface area contributed by atoms with Gasteiger partial charge in [0.05, 0.1) is 6.04 Å². The fourth-order valence-electron chi connectivity index (χ4n) is 5.24. The number of hydrogen-bond acceptors (Lipinski definition) is 6. The quantitative estimate of drug-likeness (QED) is 0.597. The number of Topliss-reactive ketones (excluding diaryl/α,β-unsaturated/α-hetero) is 1. The number of rotatable bonds is 7. The van der Waals surface area contributed by atoms with Crippen LogP contribution in [0.4, 0.5) is 17.6 Å². The fraction of sp³-hybridized carbons (Fsp3) is 0.565. The Kier molecular flexibility index (Phi) is 4.65. The van der Waals surface area contributed by atoms with Crippen LogP contribution in [0.15, 0.2) is 24.4 Å². The van der Waals surface area contributed by atoms with E-state index in [0.717, 1.165) is 36.5 Å². The third-order valence-electron chi connectivity index (χ3n) is 7.09. The van der Waals surface area contributed by atoms with E-state index in [9.17, 15) is 4.79 Å². The van der Waals surface area contributed by atoms with Crippen LogP contribution in [0.5, 0.6) is 0 Å². The van der Waals surface area contributed by atoms with Crippen LogP contribution >= 0.6 is 0 Å². The summed E-state index contributed by atoms with van der Waals surface area (Å²) in [5.74, 6) is 3.65. The van der Waals surface area contributed by atoms with Gasteiger partial charge in [-0.3, -0.25) is 9.89 Å². The Bertz CT molecular complexity index is 1090. The molecule has 8 nitrogen and oxygen atoms in total. The molecule has 8 heteroatoms. The van der Waals surface area contributed by atoms with Crippen LogP contribution in [-0.4, -0.2) is 43.2 Å². The molecule has 1 atom stereocenters. The van der Waals surface area contributed by atoms with E-state index in [1.54, 1.807) is 0 Å². The van der Waals surface area contributed by atoms with E-state index in [0.29, 0.717) is 30.0 Å². The number of carbonyl (C=O) groups is 1. The first-order valence-corrected chi connectivity index (χ1v) is 11.7. The Balaban J connectivity index is 1.27. The molecule has 0 radical (unpaired) electrons. The highest BCUT2D eigenvalue weighted by Gasteiger charge is 2.34. The number of nitrogens with zero attached hydrogens (tertiary/aromatic N) is 5. The second-order valence-electron chi connectivity index (χ2n) is 9.38.